The quantitative estimate of drug-likeness (QED) is 0.286. The number of benzene rings is 1. The first-order valence-electron chi connectivity index (χ1n) is 9.31. The monoisotopic (exact) mass is 425 g/mol. The summed E-state index contributed by atoms with van der Waals surface area (Å²) in [5.74, 6) is 0. The molecule has 1 aromatic carbocycles. The van der Waals surface area contributed by atoms with Crippen LogP contribution < -0.4 is 11.2 Å². The lowest BCUT2D eigenvalue weighted by Gasteiger charge is -2.37. The molecule has 2 aromatic rings. The van der Waals surface area contributed by atoms with Gasteiger partial charge in [0.05, 0.1) is 19.8 Å². The van der Waals surface area contributed by atoms with Crippen LogP contribution in [0.15, 0.2) is 40.1 Å². The van der Waals surface area contributed by atoms with Crippen LogP contribution in [-0.2, 0) is 17.7 Å². The summed E-state index contributed by atoms with van der Waals surface area (Å²) < 4.78 is 19.0. The van der Waals surface area contributed by atoms with E-state index in [4.69, 9.17) is 4.74 Å². The van der Waals surface area contributed by atoms with Gasteiger partial charge in [-0.3, -0.25) is 18.7 Å². The van der Waals surface area contributed by atoms with Crippen molar-refractivity contribution in [1.29, 1.82) is 0 Å². The number of nitrogens with zero attached hydrogens (tertiary/aromatic N) is 2. The molecule has 10 nitrogen and oxygen atoms in total. The van der Waals surface area contributed by atoms with Gasteiger partial charge in [0.2, 0.25) is 5.72 Å². The van der Waals surface area contributed by atoms with Crippen molar-refractivity contribution >= 4 is 0 Å². The van der Waals surface area contributed by atoms with Crippen LogP contribution in [0, 0.1) is 6.92 Å². The Kier molecular flexibility index (Phi) is 6.50. The molecule has 0 aliphatic carbocycles. The first kappa shape index (κ1) is 22.3. The van der Waals surface area contributed by atoms with Gasteiger partial charge in [0.15, 0.2) is 6.23 Å². The molecule has 2 heterocycles. The molecule has 0 saturated carbocycles. The van der Waals surface area contributed by atoms with Gasteiger partial charge in [-0.2, -0.15) is 0 Å². The van der Waals surface area contributed by atoms with Crippen LogP contribution in [0.4, 0.5) is 4.39 Å². The Bertz CT molecular complexity index is 993. The van der Waals surface area contributed by atoms with Crippen molar-refractivity contribution < 1.29 is 29.7 Å². The lowest BCUT2D eigenvalue weighted by Crippen LogP contribution is -2.59. The molecule has 30 heavy (non-hydrogen) atoms. The summed E-state index contributed by atoms with van der Waals surface area (Å²) in [6.45, 7) is 0.0513. The Morgan fingerprint density at radius 1 is 1.30 bits per heavy atom. The SMILES string of the molecule is Cc1ccc(CN(O)[C@]2(O)C(n3cc(CCF)c(=O)[nH]c3=O)O[C@H](CO)[C@H]2O)cc1. The summed E-state index contributed by atoms with van der Waals surface area (Å²) in [6, 6.07) is 6.99. The van der Waals surface area contributed by atoms with E-state index in [1.54, 1.807) is 24.3 Å². The van der Waals surface area contributed by atoms with E-state index in [0.29, 0.717) is 10.6 Å². The second-order valence-electron chi connectivity index (χ2n) is 7.24. The third-order valence-electron chi connectivity index (χ3n) is 5.16. The number of rotatable bonds is 7. The first-order valence-corrected chi connectivity index (χ1v) is 9.31. The van der Waals surface area contributed by atoms with Crippen LogP contribution in [0.1, 0.15) is 22.9 Å². The number of aromatic nitrogens is 2. The fourth-order valence-electron chi connectivity index (χ4n) is 3.43. The average molecular weight is 425 g/mol. The molecule has 0 amide bonds. The number of aliphatic hydroxyl groups excluding tert-OH is 2. The van der Waals surface area contributed by atoms with Crippen LogP contribution in [0.3, 0.4) is 0 Å². The maximum atomic E-state index is 12.8. The molecule has 1 aliphatic heterocycles. The average Bonchev–Trinajstić information content (AvgIpc) is 2.97. The molecule has 0 radical (unpaired) electrons. The Morgan fingerprint density at radius 3 is 2.57 bits per heavy atom. The smallest absolute Gasteiger partial charge is 0.330 e. The number of aryl methyl sites for hydroxylation is 2. The largest absolute Gasteiger partial charge is 0.394 e. The minimum atomic E-state index is -2.56. The Balaban J connectivity index is 2.03. The van der Waals surface area contributed by atoms with Gasteiger partial charge in [0.25, 0.3) is 5.56 Å². The first-order chi connectivity index (χ1) is 14.2. The molecule has 1 aromatic heterocycles. The van der Waals surface area contributed by atoms with Crippen molar-refractivity contribution in [3.63, 3.8) is 0 Å². The number of alkyl halides is 1. The number of hydrogen-bond donors (Lipinski definition) is 5. The highest BCUT2D eigenvalue weighted by Crippen LogP contribution is 2.40. The third-order valence-corrected chi connectivity index (χ3v) is 5.16. The van der Waals surface area contributed by atoms with Crippen molar-refractivity contribution in [3.05, 3.63) is 68.0 Å². The predicted octanol–water partition coefficient (Wildman–Crippen LogP) is -0.812. The van der Waals surface area contributed by atoms with Crippen molar-refractivity contribution in [2.24, 2.45) is 0 Å². The summed E-state index contributed by atoms with van der Waals surface area (Å²) in [7, 11) is 0. The molecule has 5 N–H and O–H groups in total. The van der Waals surface area contributed by atoms with Gasteiger partial charge < -0.3 is 25.3 Å². The zero-order chi connectivity index (χ0) is 22.1. The van der Waals surface area contributed by atoms with E-state index in [2.05, 4.69) is 0 Å². The van der Waals surface area contributed by atoms with E-state index >= 15 is 0 Å². The molecule has 0 bridgehead atoms. The summed E-state index contributed by atoms with van der Waals surface area (Å²) in [4.78, 5) is 26.2. The number of hydroxylamine groups is 2. The third kappa shape index (κ3) is 3.95. The van der Waals surface area contributed by atoms with Crippen LogP contribution >= 0.6 is 0 Å². The van der Waals surface area contributed by atoms with Gasteiger partial charge in [0, 0.05) is 18.2 Å². The Hall–Kier alpha value is -2.41. The highest BCUT2D eigenvalue weighted by Gasteiger charge is 2.60. The lowest BCUT2D eigenvalue weighted by atomic mass is 10.0. The van der Waals surface area contributed by atoms with Crippen LogP contribution in [0.2, 0.25) is 0 Å². The molecule has 11 heteroatoms. The number of aromatic amines is 1. The van der Waals surface area contributed by atoms with Crippen LogP contribution in [0.25, 0.3) is 0 Å². The van der Waals surface area contributed by atoms with Gasteiger partial charge in [-0.05, 0) is 12.5 Å². The number of H-pyrrole nitrogens is 1. The maximum Gasteiger partial charge on any atom is 0.330 e. The molecule has 4 atom stereocenters. The Morgan fingerprint density at radius 2 is 1.97 bits per heavy atom. The number of halogens is 1. The standard InChI is InChI=1S/C19H24FN3O7/c1-11-2-4-12(5-3-11)8-23(29)19(28)15(25)14(10-24)30-17(19)22-9-13(6-7-20)16(26)21-18(22)27/h2-5,9,14-15,17,24-25,28-29H,6-8,10H2,1H3,(H,21,26,27)/t14-,15-,17?,19-/m1/s1. The lowest BCUT2D eigenvalue weighted by molar-refractivity contribution is -0.318. The van der Waals surface area contributed by atoms with Crippen molar-refractivity contribution in [2.45, 2.75) is 44.1 Å². The second kappa shape index (κ2) is 8.76. The van der Waals surface area contributed by atoms with Crippen molar-refractivity contribution in [3.8, 4) is 0 Å². The van der Waals surface area contributed by atoms with Crippen molar-refractivity contribution in [2.75, 3.05) is 13.3 Å². The van der Waals surface area contributed by atoms with Gasteiger partial charge in [0.1, 0.15) is 12.2 Å². The van der Waals surface area contributed by atoms with Crippen molar-refractivity contribution in [1.82, 2.24) is 14.6 Å². The molecular weight excluding hydrogens is 401 g/mol. The molecule has 1 fully saturated rings. The molecule has 1 saturated heterocycles. The fourth-order valence-corrected chi connectivity index (χ4v) is 3.43. The number of nitrogens with one attached hydrogen (secondary N) is 1. The van der Waals surface area contributed by atoms with E-state index in [1.165, 1.54) is 0 Å². The highest BCUT2D eigenvalue weighted by molar-refractivity contribution is 5.21. The van der Waals surface area contributed by atoms with Crippen LogP contribution in [-0.4, -0.2) is 66.4 Å². The van der Waals surface area contributed by atoms with E-state index in [9.17, 15) is 34.5 Å². The van der Waals surface area contributed by atoms with Gasteiger partial charge in [-0.15, -0.1) is 5.06 Å². The summed E-state index contributed by atoms with van der Waals surface area (Å²) in [6.07, 6.45) is -4.15. The number of hydrogen-bond acceptors (Lipinski definition) is 8. The predicted molar refractivity (Wildman–Crippen MR) is 101 cm³/mol. The number of ether oxygens (including phenoxy) is 1. The van der Waals surface area contributed by atoms with Gasteiger partial charge >= 0.3 is 5.69 Å². The summed E-state index contributed by atoms with van der Waals surface area (Å²) in [5.41, 5.74) is -2.89. The van der Waals surface area contributed by atoms with Gasteiger partial charge in [-0.25, -0.2) is 4.79 Å². The van der Waals surface area contributed by atoms with E-state index in [1.807, 2.05) is 11.9 Å². The highest BCUT2D eigenvalue weighted by atomic mass is 19.1. The minimum Gasteiger partial charge on any atom is -0.394 e. The van der Waals surface area contributed by atoms with Crippen LogP contribution in [0.5, 0.6) is 0 Å². The van der Waals surface area contributed by atoms with E-state index < -0.39 is 48.7 Å². The normalized spacial score (nSPS) is 26.4. The maximum absolute atomic E-state index is 12.8. The Labute approximate surface area is 170 Å². The van der Waals surface area contributed by atoms with E-state index in [0.717, 1.165) is 16.3 Å². The molecule has 0 spiro atoms. The van der Waals surface area contributed by atoms with Gasteiger partial charge in [-0.1, -0.05) is 29.8 Å². The zero-order valence-corrected chi connectivity index (χ0v) is 16.2. The minimum absolute atomic E-state index is 0.0898. The molecule has 3 rings (SSSR count). The summed E-state index contributed by atoms with van der Waals surface area (Å²) >= 11 is 0. The number of aliphatic hydroxyl groups is 3. The molecule has 1 unspecified atom stereocenters. The second-order valence-corrected chi connectivity index (χ2v) is 7.24. The molecular formula is C19H24FN3O7. The summed E-state index contributed by atoms with van der Waals surface area (Å²) in [5, 5.41) is 42.4. The fraction of sp³-hybridized carbons (Fsp3) is 0.474. The molecule has 164 valence electrons. The molecule has 1 aliphatic rings. The zero-order valence-electron chi connectivity index (χ0n) is 16.2. The topological polar surface area (TPSA) is 148 Å². The van der Waals surface area contributed by atoms with E-state index in [-0.39, 0.29) is 18.5 Å².